The summed E-state index contributed by atoms with van der Waals surface area (Å²) >= 11 is 0. The Hall–Kier alpha value is -1.98. The Labute approximate surface area is 123 Å². The van der Waals surface area contributed by atoms with E-state index in [1.165, 1.54) is 4.90 Å². The van der Waals surface area contributed by atoms with Gasteiger partial charge in [-0.15, -0.1) is 0 Å². The molecule has 1 saturated heterocycles. The van der Waals surface area contributed by atoms with Gasteiger partial charge in [0, 0.05) is 5.69 Å². The second kappa shape index (κ2) is 5.79. The van der Waals surface area contributed by atoms with Crippen LogP contribution in [0.5, 0.6) is 5.75 Å². The minimum Gasteiger partial charge on any atom is -0.485 e. The summed E-state index contributed by atoms with van der Waals surface area (Å²) in [5, 5.41) is 0. The zero-order chi connectivity index (χ0) is 15.6. The molecule has 116 valence electrons. The van der Waals surface area contributed by atoms with Crippen molar-refractivity contribution in [3.8, 4) is 5.75 Å². The van der Waals surface area contributed by atoms with Gasteiger partial charge in [-0.25, -0.2) is 9.18 Å². The maximum atomic E-state index is 14.0. The van der Waals surface area contributed by atoms with Gasteiger partial charge in [0.2, 0.25) is 0 Å². The fraction of sp³-hybridized carbons (Fsp3) is 0.533. The molecule has 0 bridgehead atoms. The van der Waals surface area contributed by atoms with Crippen molar-refractivity contribution >= 4 is 11.8 Å². The summed E-state index contributed by atoms with van der Waals surface area (Å²) in [6.45, 7) is 5.47. The SMILES string of the molecule is CC(C)(C)OC(=O)N1C[C@@H](F)[C@H](Oc2ccc(N)cc2)C1. The number of rotatable bonds is 2. The Balaban J connectivity index is 1.94. The third-order valence-electron chi connectivity index (χ3n) is 3.02. The fourth-order valence-corrected chi connectivity index (χ4v) is 2.04. The van der Waals surface area contributed by atoms with Gasteiger partial charge in [-0.2, -0.15) is 0 Å². The standard InChI is InChI=1S/C15H21FN2O3/c1-15(2,3)21-14(19)18-8-12(16)13(9-18)20-11-6-4-10(17)5-7-11/h4-7,12-13H,8-9,17H2,1-3H3/t12-,13-/m1/s1. The molecule has 1 aromatic carbocycles. The lowest BCUT2D eigenvalue weighted by Gasteiger charge is -2.24. The second-order valence-corrected chi connectivity index (χ2v) is 6.13. The quantitative estimate of drug-likeness (QED) is 0.852. The van der Waals surface area contributed by atoms with Gasteiger partial charge in [-0.3, -0.25) is 0 Å². The van der Waals surface area contributed by atoms with Crippen molar-refractivity contribution in [3.05, 3.63) is 24.3 Å². The van der Waals surface area contributed by atoms with E-state index in [4.69, 9.17) is 15.2 Å². The van der Waals surface area contributed by atoms with Gasteiger partial charge in [0.25, 0.3) is 0 Å². The summed E-state index contributed by atoms with van der Waals surface area (Å²) in [6, 6.07) is 6.72. The number of hydrogen-bond acceptors (Lipinski definition) is 4. The number of amides is 1. The zero-order valence-corrected chi connectivity index (χ0v) is 12.5. The van der Waals surface area contributed by atoms with Crippen LogP contribution in [0.3, 0.4) is 0 Å². The molecular formula is C15H21FN2O3. The number of nitrogen functional groups attached to an aromatic ring is 1. The van der Waals surface area contributed by atoms with E-state index in [9.17, 15) is 9.18 Å². The van der Waals surface area contributed by atoms with Crippen LogP contribution in [0.15, 0.2) is 24.3 Å². The van der Waals surface area contributed by atoms with Crippen molar-refractivity contribution in [2.45, 2.75) is 38.6 Å². The van der Waals surface area contributed by atoms with Crippen LogP contribution < -0.4 is 10.5 Å². The summed E-state index contributed by atoms with van der Waals surface area (Å²) in [7, 11) is 0. The number of carbonyl (C=O) groups is 1. The van der Waals surface area contributed by atoms with Crippen molar-refractivity contribution in [3.63, 3.8) is 0 Å². The van der Waals surface area contributed by atoms with Crippen molar-refractivity contribution < 1.29 is 18.7 Å². The van der Waals surface area contributed by atoms with Gasteiger partial charge >= 0.3 is 6.09 Å². The first-order valence-corrected chi connectivity index (χ1v) is 6.89. The number of alkyl halides is 1. The van der Waals surface area contributed by atoms with Crippen molar-refractivity contribution in [2.75, 3.05) is 18.8 Å². The lowest BCUT2D eigenvalue weighted by atomic mass is 10.2. The van der Waals surface area contributed by atoms with E-state index in [0.717, 1.165) is 0 Å². The van der Waals surface area contributed by atoms with Crippen LogP contribution in [0.4, 0.5) is 14.9 Å². The van der Waals surface area contributed by atoms with Crippen molar-refractivity contribution in [1.29, 1.82) is 0 Å². The van der Waals surface area contributed by atoms with Crippen LogP contribution in [0.25, 0.3) is 0 Å². The summed E-state index contributed by atoms with van der Waals surface area (Å²) in [5.41, 5.74) is 5.60. The molecule has 5 nitrogen and oxygen atoms in total. The molecule has 2 atom stereocenters. The van der Waals surface area contributed by atoms with Gasteiger partial charge in [-0.1, -0.05) is 0 Å². The van der Waals surface area contributed by atoms with Gasteiger partial charge in [0.1, 0.15) is 17.5 Å². The Morgan fingerprint density at radius 1 is 1.29 bits per heavy atom. The number of likely N-dealkylation sites (tertiary alicyclic amines) is 1. The monoisotopic (exact) mass is 296 g/mol. The van der Waals surface area contributed by atoms with E-state index in [-0.39, 0.29) is 13.1 Å². The number of nitrogens with two attached hydrogens (primary N) is 1. The molecule has 1 amide bonds. The minimum absolute atomic E-state index is 0.0193. The first-order valence-electron chi connectivity index (χ1n) is 6.89. The molecule has 1 fully saturated rings. The van der Waals surface area contributed by atoms with Crippen LogP contribution in [0, 0.1) is 0 Å². The highest BCUT2D eigenvalue weighted by Crippen LogP contribution is 2.23. The van der Waals surface area contributed by atoms with Crippen LogP contribution in [0.1, 0.15) is 20.8 Å². The predicted octanol–water partition coefficient (Wildman–Crippen LogP) is 2.61. The third kappa shape index (κ3) is 4.24. The molecule has 0 saturated carbocycles. The van der Waals surface area contributed by atoms with Crippen LogP contribution >= 0.6 is 0 Å². The highest BCUT2D eigenvalue weighted by atomic mass is 19.1. The summed E-state index contributed by atoms with van der Waals surface area (Å²) in [5.74, 6) is 0.530. The predicted molar refractivity (Wildman–Crippen MR) is 78.0 cm³/mol. The van der Waals surface area contributed by atoms with Crippen LogP contribution in [-0.2, 0) is 4.74 Å². The smallest absolute Gasteiger partial charge is 0.410 e. The van der Waals surface area contributed by atoms with Gasteiger partial charge in [-0.05, 0) is 45.0 Å². The van der Waals surface area contributed by atoms with E-state index >= 15 is 0 Å². The normalized spacial score (nSPS) is 22.2. The Morgan fingerprint density at radius 2 is 1.90 bits per heavy atom. The third-order valence-corrected chi connectivity index (χ3v) is 3.02. The number of ether oxygens (including phenoxy) is 2. The molecule has 2 N–H and O–H groups in total. The lowest BCUT2D eigenvalue weighted by molar-refractivity contribution is 0.0273. The molecule has 0 aliphatic carbocycles. The molecule has 0 aromatic heterocycles. The summed E-state index contributed by atoms with van der Waals surface area (Å²) in [4.78, 5) is 13.2. The van der Waals surface area contributed by atoms with Gasteiger partial charge in [0.15, 0.2) is 6.17 Å². The van der Waals surface area contributed by atoms with Gasteiger partial charge in [0.05, 0.1) is 13.1 Å². The second-order valence-electron chi connectivity index (χ2n) is 6.13. The minimum atomic E-state index is -1.24. The molecule has 6 heteroatoms. The average Bonchev–Trinajstić information content (AvgIpc) is 2.72. The van der Waals surface area contributed by atoms with Gasteiger partial charge < -0.3 is 20.1 Å². The van der Waals surface area contributed by atoms with E-state index < -0.39 is 24.0 Å². The van der Waals surface area contributed by atoms with Crippen LogP contribution in [0.2, 0.25) is 0 Å². The molecular weight excluding hydrogens is 275 g/mol. The zero-order valence-electron chi connectivity index (χ0n) is 12.5. The molecule has 2 rings (SSSR count). The number of hydrogen-bond donors (Lipinski definition) is 1. The van der Waals surface area contributed by atoms with Crippen LogP contribution in [-0.4, -0.2) is 42.0 Å². The van der Waals surface area contributed by atoms with E-state index in [1.807, 2.05) is 0 Å². The molecule has 0 unspecified atom stereocenters. The summed E-state index contributed by atoms with van der Waals surface area (Å²) in [6.07, 6.45) is -2.45. The number of carbonyl (C=O) groups excluding carboxylic acids is 1. The number of benzene rings is 1. The average molecular weight is 296 g/mol. The Morgan fingerprint density at radius 3 is 2.48 bits per heavy atom. The maximum absolute atomic E-state index is 14.0. The molecule has 1 aliphatic rings. The summed E-state index contributed by atoms with van der Waals surface area (Å²) < 4.78 is 24.8. The van der Waals surface area contributed by atoms with Crippen molar-refractivity contribution in [1.82, 2.24) is 4.90 Å². The fourth-order valence-electron chi connectivity index (χ4n) is 2.04. The highest BCUT2D eigenvalue weighted by molar-refractivity contribution is 5.68. The number of halogens is 1. The highest BCUT2D eigenvalue weighted by Gasteiger charge is 2.38. The lowest BCUT2D eigenvalue weighted by Crippen LogP contribution is -2.36. The molecule has 1 aliphatic heterocycles. The first-order chi connectivity index (χ1) is 9.74. The largest absolute Gasteiger partial charge is 0.485 e. The first kappa shape index (κ1) is 15.4. The Kier molecular flexibility index (Phi) is 4.25. The molecule has 0 radical (unpaired) electrons. The number of nitrogens with zero attached hydrogens (tertiary/aromatic N) is 1. The topological polar surface area (TPSA) is 64.8 Å². The molecule has 1 aromatic rings. The molecule has 1 heterocycles. The maximum Gasteiger partial charge on any atom is 0.410 e. The van der Waals surface area contributed by atoms with E-state index in [0.29, 0.717) is 11.4 Å². The van der Waals surface area contributed by atoms with E-state index in [2.05, 4.69) is 0 Å². The van der Waals surface area contributed by atoms with E-state index in [1.54, 1.807) is 45.0 Å². The molecule has 0 spiro atoms. The molecule has 21 heavy (non-hydrogen) atoms. The Bertz CT molecular complexity index is 499. The van der Waals surface area contributed by atoms with Crippen molar-refractivity contribution in [2.24, 2.45) is 0 Å². The number of anilines is 1.